The zero-order valence-electron chi connectivity index (χ0n) is 48.3. The normalized spacial score (nSPS) is 24.3. The van der Waals surface area contributed by atoms with Crippen molar-refractivity contribution in [3.8, 4) is 0 Å². The summed E-state index contributed by atoms with van der Waals surface area (Å²) in [5.74, 6) is -2.17. The summed E-state index contributed by atoms with van der Waals surface area (Å²) in [6, 6.07) is 10.6. The number of carboxylic acids is 1. The number of piperidine rings is 2. The van der Waals surface area contributed by atoms with Gasteiger partial charge in [0, 0.05) is 37.0 Å². The summed E-state index contributed by atoms with van der Waals surface area (Å²) in [6.45, 7) is 24.1. The number of esters is 1. The number of ether oxygens (including phenoxy) is 3. The summed E-state index contributed by atoms with van der Waals surface area (Å²) < 4.78 is 15.7. The van der Waals surface area contributed by atoms with Gasteiger partial charge in [-0.25, -0.2) is 28.8 Å². The predicted molar refractivity (Wildman–Crippen MR) is 294 cm³/mol. The quantitative estimate of drug-likeness (QED) is 0.0703. The molecule has 0 bridgehead atoms. The van der Waals surface area contributed by atoms with Gasteiger partial charge in [0.1, 0.15) is 37.4 Å². The number of benzene rings is 2. The molecule has 2 saturated carbocycles. The lowest BCUT2D eigenvalue weighted by Crippen LogP contribution is -2.59. The Kier molecular flexibility index (Phi) is 18.6. The molecule has 4 aliphatic carbocycles. The number of likely N-dealkylation sites (tertiary alicyclic amines) is 2. The van der Waals surface area contributed by atoms with Gasteiger partial charge < -0.3 is 61.0 Å². The number of carboxylic acid groups (broad SMARTS) is 1. The number of urea groups is 2. The fourth-order valence-electron chi connectivity index (χ4n) is 12.9. The molecule has 20 nitrogen and oxygen atoms in total. The number of carbonyl (C=O) groups excluding carboxylic acids is 7. The first-order valence-corrected chi connectivity index (χ1v) is 28.2. The van der Waals surface area contributed by atoms with E-state index >= 15 is 0 Å². The largest absolute Gasteiger partial charge is 0.480 e. The molecule has 2 aliphatic heterocycles. The van der Waals surface area contributed by atoms with E-state index in [1.807, 2.05) is 106 Å². The molecule has 0 radical (unpaired) electrons. The summed E-state index contributed by atoms with van der Waals surface area (Å²) in [7, 11) is 1.35. The number of rotatable bonds is 18. The van der Waals surface area contributed by atoms with Crippen molar-refractivity contribution in [3.05, 3.63) is 70.8 Å². The van der Waals surface area contributed by atoms with Crippen LogP contribution in [0.4, 0.5) is 19.2 Å². The smallest absolute Gasteiger partial charge is 0.407 e. The second-order valence-corrected chi connectivity index (χ2v) is 25.2. The number of nitrogens with zero attached hydrogens (tertiary/aromatic N) is 2. The Labute approximate surface area is 465 Å². The third kappa shape index (κ3) is 13.5. The van der Waals surface area contributed by atoms with Gasteiger partial charge in [-0.15, -0.1) is 0 Å². The average molecular weight is 1100 g/mol. The minimum Gasteiger partial charge on any atom is -0.480 e. The Bertz CT molecular complexity index is 2550. The molecule has 79 heavy (non-hydrogen) atoms. The van der Waals surface area contributed by atoms with Crippen molar-refractivity contribution in [2.24, 2.45) is 58.2 Å². The first-order valence-electron chi connectivity index (χ1n) is 28.2. The van der Waals surface area contributed by atoms with Gasteiger partial charge in [-0.05, 0) is 122 Å². The maximum absolute atomic E-state index is 14.2. The van der Waals surface area contributed by atoms with Gasteiger partial charge in [0.2, 0.25) is 11.8 Å². The molecule has 0 spiro atoms. The van der Waals surface area contributed by atoms with E-state index in [0.717, 1.165) is 22.3 Å². The van der Waals surface area contributed by atoms with Crippen LogP contribution in [0.15, 0.2) is 48.5 Å². The molecule has 2 heterocycles. The van der Waals surface area contributed by atoms with E-state index < -0.39 is 72.4 Å². The molecule has 8 rings (SSSR count). The highest BCUT2D eigenvalue weighted by Crippen LogP contribution is 2.66. The first kappa shape index (κ1) is 60.0. The lowest BCUT2D eigenvalue weighted by atomic mass is 9.93. The Morgan fingerprint density at radius 1 is 0.544 bits per heavy atom. The lowest BCUT2D eigenvalue weighted by Gasteiger charge is -2.34. The van der Waals surface area contributed by atoms with Gasteiger partial charge in [-0.1, -0.05) is 104 Å². The predicted octanol–water partition coefficient (Wildman–Crippen LogP) is 5.68. The van der Waals surface area contributed by atoms with E-state index in [9.17, 15) is 43.5 Å². The standard InChI is InChI=1S/C30H44N4O6.C29H42N4O6/c1-16(2)22(15-40-29(38)31-17(3)4)32-28(37)33-24(20-12-18-10-8-9-11-19(18)13-20)26(35)34-14-21-23(30(21,5)6)25(34)27(36)39-7;1-15(2)21(14-39-28(38)30-16(3)4)31-27(37)32-23(19-11-17-9-7-8-10-18(17)12-19)25(34)33-13-20-22(29(20,5)6)24(33)26(35)36/h8-11,16-17,20-25H,12-15H2,1-7H3,(H,31,38)(H2,32,33,37);7-10,15-16,19-24H,11-14H2,1-6H3,(H,30,38)(H,35,36)(H2,31,32,37)/t21-,22+,23-,24-,25-;20-,21+,22-,23-,24-/m00/s1. The molecular formula is C59H86N8O12. The van der Waals surface area contributed by atoms with Crippen LogP contribution in [0.25, 0.3) is 0 Å². The highest BCUT2D eigenvalue weighted by atomic mass is 16.6. The van der Waals surface area contributed by atoms with Crippen LogP contribution in [-0.2, 0) is 59.1 Å². The van der Waals surface area contributed by atoms with Crippen molar-refractivity contribution in [2.75, 3.05) is 33.4 Å². The number of nitrogens with one attached hydrogen (secondary N) is 6. The third-order valence-corrected chi connectivity index (χ3v) is 17.7. The van der Waals surface area contributed by atoms with E-state index in [0.29, 0.717) is 38.8 Å². The molecule has 2 saturated heterocycles. The molecule has 20 heteroatoms. The van der Waals surface area contributed by atoms with Gasteiger partial charge in [-0.2, -0.15) is 0 Å². The number of amides is 8. The summed E-state index contributed by atoms with van der Waals surface area (Å²) in [5.41, 5.74) is 4.43. The molecule has 6 aliphatic rings. The molecule has 2 aromatic carbocycles. The molecule has 7 N–H and O–H groups in total. The zero-order valence-corrected chi connectivity index (χ0v) is 48.3. The van der Waals surface area contributed by atoms with Crippen LogP contribution < -0.4 is 31.9 Å². The number of methoxy groups -OCH3 is 1. The van der Waals surface area contributed by atoms with Crippen molar-refractivity contribution < 1.29 is 57.7 Å². The van der Waals surface area contributed by atoms with Gasteiger partial charge in [0.25, 0.3) is 0 Å². The van der Waals surface area contributed by atoms with Crippen LogP contribution in [0, 0.1) is 58.2 Å². The Balaban J connectivity index is 0.000000229. The molecule has 2 aromatic rings. The van der Waals surface area contributed by atoms with Crippen LogP contribution in [0.1, 0.15) is 105 Å². The van der Waals surface area contributed by atoms with E-state index in [2.05, 4.69) is 57.9 Å². The van der Waals surface area contributed by atoms with Crippen LogP contribution in [-0.4, -0.2) is 145 Å². The van der Waals surface area contributed by atoms with Crippen LogP contribution in [0.2, 0.25) is 0 Å². The first-order chi connectivity index (χ1) is 37.1. The van der Waals surface area contributed by atoms with Gasteiger partial charge in [0.05, 0.1) is 19.2 Å². The van der Waals surface area contributed by atoms with E-state index in [4.69, 9.17) is 14.2 Å². The maximum atomic E-state index is 14.2. The lowest BCUT2D eigenvalue weighted by molar-refractivity contribution is -0.154. The third-order valence-electron chi connectivity index (χ3n) is 17.7. The molecule has 4 fully saturated rings. The van der Waals surface area contributed by atoms with Gasteiger partial charge in [0.15, 0.2) is 0 Å². The van der Waals surface area contributed by atoms with Crippen molar-refractivity contribution >= 4 is 48.0 Å². The van der Waals surface area contributed by atoms with E-state index in [1.165, 1.54) is 12.0 Å². The van der Waals surface area contributed by atoms with E-state index in [-0.39, 0.29) is 95.3 Å². The van der Waals surface area contributed by atoms with Crippen LogP contribution in [0.3, 0.4) is 0 Å². The fraction of sp³-hybridized carbons (Fsp3) is 0.661. The Morgan fingerprint density at radius 2 is 0.886 bits per heavy atom. The number of alkyl carbamates (subject to hydrolysis) is 2. The summed E-state index contributed by atoms with van der Waals surface area (Å²) >= 11 is 0. The van der Waals surface area contributed by atoms with Crippen LogP contribution in [0.5, 0.6) is 0 Å². The monoisotopic (exact) mass is 1100 g/mol. The number of hydrogen-bond acceptors (Lipinski definition) is 11. The summed E-state index contributed by atoms with van der Waals surface area (Å²) in [5, 5.41) is 27.0. The SMILES string of the molecule is CC(C)NC(=O)OC[C@@H](NC(=O)N[C@H](C(=O)N1C[C@H]2[C@@H]([C@H]1C(=O)O)C2(C)C)C1Cc2ccccc2C1)C(C)C.COC(=O)[C@@H]1[C@@H]2[C@H](CN1C(=O)[C@@H](NC(=O)N[C@H](COC(=O)NC(C)C)C(C)C)C1Cc3ccccc3C1)C2(C)C. The minimum absolute atomic E-state index is 0.00783. The fourth-order valence-corrected chi connectivity index (χ4v) is 12.9. The van der Waals surface area contributed by atoms with Crippen molar-refractivity contribution in [3.63, 3.8) is 0 Å². The van der Waals surface area contributed by atoms with E-state index in [1.54, 1.807) is 4.90 Å². The van der Waals surface area contributed by atoms with Gasteiger partial charge >= 0.3 is 36.2 Å². The highest BCUT2D eigenvalue weighted by Gasteiger charge is 2.71. The van der Waals surface area contributed by atoms with Crippen molar-refractivity contribution in [2.45, 2.75) is 157 Å². The average Bonchev–Trinajstić information content (AvgIpc) is 4.11. The molecule has 10 atom stereocenters. The summed E-state index contributed by atoms with van der Waals surface area (Å²) in [4.78, 5) is 107. The number of carbonyl (C=O) groups is 8. The zero-order chi connectivity index (χ0) is 58.0. The topological polar surface area (TPSA) is 263 Å². The number of hydrogen-bond donors (Lipinski definition) is 7. The van der Waals surface area contributed by atoms with Crippen LogP contribution >= 0.6 is 0 Å². The van der Waals surface area contributed by atoms with Crippen molar-refractivity contribution in [1.29, 1.82) is 0 Å². The molecule has 0 unspecified atom stereocenters. The molecular weight excluding hydrogens is 1010 g/mol. The Morgan fingerprint density at radius 3 is 1.20 bits per heavy atom. The van der Waals surface area contributed by atoms with Crippen molar-refractivity contribution in [1.82, 2.24) is 41.7 Å². The molecule has 8 amide bonds. The highest BCUT2D eigenvalue weighted by molar-refractivity contribution is 5.93. The molecule has 434 valence electrons. The van der Waals surface area contributed by atoms with Gasteiger partial charge in [-0.3, -0.25) is 9.59 Å². The summed E-state index contributed by atoms with van der Waals surface area (Å²) in [6.07, 6.45) is 1.40. The second-order valence-electron chi connectivity index (χ2n) is 25.2. The number of fused-ring (bicyclic) bond motifs is 4. The number of aliphatic carboxylic acids is 1. The maximum Gasteiger partial charge on any atom is 0.407 e. The molecule has 0 aromatic heterocycles. The second kappa shape index (κ2) is 24.4. The Hall–Kier alpha value is -6.60. The minimum atomic E-state index is -1.00.